The van der Waals surface area contributed by atoms with Gasteiger partial charge in [-0.15, -0.1) is 0 Å². The van der Waals surface area contributed by atoms with Crippen molar-refractivity contribution in [1.29, 1.82) is 0 Å². The molecule has 0 heterocycles. The van der Waals surface area contributed by atoms with Crippen LogP contribution in [0.4, 0.5) is 0 Å². The van der Waals surface area contributed by atoms with Crippen LogP contribution in [0.15, 0.2) is 0 Å². The number of hydrogen-bond acceptors (Lipinski definition) is 3. The normalized spacial score (nSPS) is 28.8. The molecule has 3 unspecified atom stereocenters. The summed E-state index contributed by atoms with van der Waals surface area (Å²) < 4.78 is 0. The predicted molar refractivity (Wildman–Crippen MR) is 84.5 cm³/mol. The first kappa shape index (κ1) is 18.0. The minimum absolute atomic E-state index is 0.0377. The van der Waals surface area contributed by atoms with Crippen LogP contribution >= 0.6 is 0 Å². The Kier molecular flexibility index (Phi) is 5.42. The molecular weight excluding hydrogens is 266 g/mol. The van der Waals surface area contributed by atoms with Gasteiger partial charge >= 0.3 is 0 Å². The highest BCUT2D eigenvalue weighted by Gasteiger charge is 2.45. The fourth-order valence-corrected chi connectivity index (χ4v) is 3.17. The van der Waals surface area contributed by atoms with Crippen molar-refractivity contribution in [2.24, 2.45) is 28.4 Å². The average molecular weight is 297 g/mol. The van der Waals surface area contributed by atoms with Crippen LogP contribution in [0.5, 0.6) is 0 Å². The topological polar surface area (TPSA) is 84.2 Å². The Bertz CT molecular complexity index is 404. The molecule has 122 valence electrons. The second-order valence-corrected chi connectivity index (χ2v) is 7.58. The highest BCUT2D eigenvalue weighted by Crippen LogP contribution is 2.44. The van der Waals surface area contributed by atoms with Gasteiger partial charge in [0.2, 0.25) is 11.8 Å². The molecule has 3 atom stereocenters. The van der Waals surface area contributed by atoms with Crippen molar-refractivity contribution in [2.45, 2.75) is 53.5 Å². The van der Waals surface area contributed by atoms with Gasteiger partial charge in [-0.3, -0.25) is 9.59 Å². The van der Waals surface area contributed by atoms with Crippen LogP contribution in [-0.2, 0) is 9.59 Å². The molecule has 0 spiro atoms. The van der Waals surface area contributed by atoms with E-state index in [1.54, 1.807) is 7.05 Å². The molecule has 5 heteroatoms. The van der Waals surface area contributed by atoms with Crippen LogP contribution in [0.3, 0.4) is 0 Å². The molecule has 0 aliphatic heterocycles. The molecule has 0 bridgehead atoms. The van der Waals surface area contributed by atoms with Gasteiger partial charge < -0.3 is 16.4 Å². The smallest absolute Gasteiger partial charge is 0.227 e. The van der Waals surface area contributed by atoms with Crippen LogP contribution in [0.1, 0.15) is 47.5 Å². The Labute approximate surface area is 128 Å². The number of nitrogens with one attached hydrogen (secondary N) is 2. The third kappa shape index (κ3) is 3.76. The van der Waals surface area contributed by atoms with Crippen molar-refractivity contribution in [3.63, 3.8) is 0 Å². The largest absolute Gasteiger partial charge is 0.359 e. The molecule has 1 aliphatic carbocycles. The van der Waals surface area contributed by atoms with Gasteiger partial charge in [0.25, 0.3) is 0 Å². The van der Waals surface area contributed by atoms with E-state index in [1.165, 1.54) is 0 Å². The predicted octanol–water partition coefficient (Wildman–Crippen LogP) is 1.27. The van der Waals surface area contributed by atoms with Crippen molar-refractivity contribution in [2.75, 3.05) is 13.6 Å². The van der Waals surface area contributed by atoms with Crippen molar-refractivity contribution in [3.05, 3.63) is 0 Å². The zero-order valence-electron chi connectivity index (χ0n) is 14.2. The van der Waals surface area contributed by atoms with Crippen LogP contribution in [-0.4, -0.2) is 31.4 Å². The first-order valence-electron chi connectivity index (χ1n) is 7.79. The Hall–Kier alpha value is -1.10. The number of rotatable bonds is 4. The van der Waals surface area contributed by atoms with Gasteiger partial charge in [0.05, 0.1) is 5.41 Å². The van der Waals surface area contributed by atoms with Gasteiger partial charge in [-0.25, -0.2) is 0 Å². The first-order valence-corrected chi connectivity index (χ1v) is 7.79. The highest BCUT2D eigenvalue weighted by molar-refractivity contribution is 5.84. The molecule has 4 N–H and O–H groups in total. The quantitative estimate of drug-likeness (QED) is 0.730. The molecule has 21 heavy (non-hydrogen) atoms. The Morgan fingerprint density at radius 3 is 2.38 bits per heavy atom. The van der Waals surface area contributed by atoms with Gasteiger partial charge in [0.15, 0.2) is 0 Å². The summed E-state index contributed by atoms with van der Waals surface area (Å²) in [5, 5.41) is 5.59. The molecule has 0 aromatic rings. The molecular formula is C16H31N3O2. The maximum atomic E-state index is 12.5. The molecule has 0 radical (unpaired) electrons. The third-order valence-corrected chi connectivity index (χ3v) is 5.37. The minimum atomic E-state index is -0.606. The van der Waals surface area contributed by atoms with Crippen molar-refractivity contribution in [3.8, 4) is 0 Å². The van der Waals surface area contributed by atoms with E-state index in [0.29, 0.717) is 12.5 Å². The van der Waals surface area contributed by atoms with E-state index in [1.807, 2.05) is 13.8 Å². The van der Waals surface area contributed by atoms with Crippen LogP contribution in [0.2, 0.25) is 0 Å². The summed E-state index contributed by atoms with van der Waals surface area (Å²) in [7, 11) is 1.61. The molecule has 1 aliphatic rings. The highest BCUT2D eigenvalue weighted by atomic mass is 16.2. The maximum absolute atomic E-state index is 12.5. The molecule has 0 aromatic heterocycles. The molecule has 1 rings (SSSR count). The standard InChI is InChI=1S/C16H31N3O2/c1-10-12(17)8-7-11(16(10,4)5)13(20)19-9-15(2,3)14(21)18-6/h10-12H,7-9,17H2,1-6H3,(H,18,21)(H,19,20). The summed E-state index contributed by atoms with van der Waals surface area (Å²) in [5.74, 6) is 0.221. The first-order chi connectivity index (χ1) is 9.54. The number of nitrogens with two attached hydrogens (primary N) is 1. The van der Waals surface area contributed by atoms with Crippen molar-refractivity contribution < 1.29 is 9.59 Å². The fourth-order valence-electron chi connectivity index (χ4n) is 3.17. The number of carbonyl (C=O) groups excluding carboxylic acids is 2. The summed E-state index contributed by atoms with van der Waals surface area (Å²) in [6, 6.07) is 0.159. The second kappa shape index (κ2) is 6.34. The third-order valence-electron chi connectivity index (χ3n) is 5.37. The Balaban J connectivity index is 2.70. The van der Waals surface area contributed by atoms with E-state index < -0.39 is 5.41 Å². The summed E-state index contributed by atoms with van der Waals surface area (Å²) in [6.45, 7) is 10.4. The monoisotopic (exact) mass is 297 g/mol. The zero-order chi connectivity index (χ0) is 16.4. The van der Waals surface area contributed by atoms with Crippen LogP contribution in [0, 0.1) is 22.7 Å². The van der Waals surface area contributed by atoms with Crippen molar-refractivity contribution in [1.82, 2.24) is 10.6 Å². The van der Waals surface area contributed by atoms with Gasteiger partial charge in [-0.1, -0.05) is 20.8 Å². The van der Waals surface area contributed by atoms with Gasteiger partial charge in [0, 0.05) is 25.6 Å². The number of hydrogen-bond donors (Lipinski definition) is 3. The summed E-state index contributed by atoms with van der Waals surface area (Å²) in [4.78, 5) is 24.3. The van der Waals surface area contributed by atoms with E-state index in [2.05, 4.69) is 31.4 Å². The lowest BCUT2D eigenvalue weighted by Crippen LogP contribution is -2.53. The molecule has 1 saturated carbocycles. The molecule has 0 saturated heterocycles. The lowest BCUT2D eigenvalue weighted by Gasteiger charge is -2.46. The van der Waals surface area contributed by atoms with Crippen LogP contribution in [0.25, 0.3) is 0 Å². The van der Waals surface area contributed by atoms with E-state index >= 15 is 0 Å². The lowest BCUT2D eigenvalue weighted by molar-refractivity contribution is -0.134. The summed E-state index contributed by atoms with van der Waals surface area (Å²) >= 11 is 0. The SMILES string of the molecule is CNC(=O)C(C)(C)CNC(=O)C1CCC(N)C(C)C1(C)C. The number of carbonyl (C=O) groups is 2. The zero-order valence-corrected chi connectivity index (χ0v) is 14.2. The summed E-state index contributed by atoms with van der Waals surface area (Å²) in [6.07, 6.45) is 1.69. The van der Waals surface area contributed by atoms with E-state index in [4.69, 9.17) is 5.73 Å². The average Bonchev–Trinajstić information content (AvgIpc) is 2.41. The van der Waals surface area contributed by atoms with E-state index in [9.17, 15) is 9.59 Å². The van der Waals surface area contributed by atoms with Crippen molar-refractivity contribution >= 4 is 11.8 Å². The molecule has 2 amide bonds. The van der Waals surface area contributed by atoms with E-state index in [-0.39, 0.29) is 29.2 Å². The molecule has 0 aromatic carbocycles. The number of amides is 2. The van der Waals surface area contributed by atoms with Gasteiger partial charge in [-0.05, 0) is 38.0 Å². The maximum Gasteiger partial charge on any atom is 0.227 e. The Morgan fingerprint density at radius 2 is 1.86 bits per heavy atom. The fraction of sp³-hybridized carbons (Fsp3) is 0.875. The lowest BCUT2D eigenvalue weighted by atomic mass is 9.61. The van der Waals surface area contributed by atoms with Crippen LogP contribution < -0.4 is 16.4 Å². The summed E-state index contributed by atoms with van der Waals surface area (Å²) in [5.41, 5.74) is 5.40. The van der Waals surface area contributed by atoms with Gasteiger partial charge in [-0.2, -0.15) is 0 Å². The second-order valence-electron chi connectivity index (χ2n) is 7.58. The van der Waals surface area contributed by atoms with Gasteiger partial charge in [0.1, 0.15) is 0 Å². The molecule has 5 nitrogen and oxygen atoms in total. The molecule has 1 fully saturated rings. The minimum Gasteiger partial charge on any atom is -0.359 e. The Morgan fingerprint density at radius 1 is 1.29 bits per heavy atom. The van der Waals surface area contributed by atoms with E-state index in [0.717, 1.165) is 12.8 Å².